The number of unbranched alkanes of at least 4 members (excludes halogenated alkanes) is 11. The number of oxime groups is 1. The van der Waals surface area contributed by atoms with Crippen molar-refractivity contribution in [3.05, 3.63) is 11.9 Å². The molecule has 1 heterocycles. The minimum absolute atomic E-state index is 0.853. The second kappa shape index (κ2) is 14.2. The number of nitrogens with one attached hydrogen (secondary N) is 1. The second-order valence-corrected chi connectivity index (χ2v) is 6.54. The predicted molar refractivity (Wildman–Crippen MR) is 95.0 cm³/mol. The summed E-state index contributed by atoms with van der Waals surface area (Å²) < 4.78 is 0. The fourth-order valence-corrected chi connectivity index (χ4v) is 2.85. The van der Waals surface area contributed by atoms with Crippen LogP contribution in [0.3, 0.4) is 0 Å². The molecule has 1 aromatic heterocycles. The summed E-state index contributed by atoms with van der Waals surface area (Å²) in [7, 11) is 0. The van der Waals surface area contributed by atoms with Crippen molar-refractivity contribution in [2.45, 2.75) is 96.8 Å². The average molecular weight is 322 g/mol. The molecule has 5 nitrogen and oxygen atoms in total. The van der Waals surface area contributed by atoms with E-state index in [1.54, 1.807) is 0 Å². The van der Waals surface area contributed by atoms with Gasteiger partial charge in [0.1, 0.15) is 0 Å². The zero-order valence-electron chi connectivity index (χ0n) is 14.8. The highest BCUT2D eigenvalue weighted by Crippen LogP contribution is 2.13. The van der Waals surface area contributed by atoms with E-state index in [1.807, 2.05) is 13.1 Å². The monoisotopic (exact) mass is 322 g/mol. The van der Waals surface area contributed by atoms with Crippen LogP contribution in [0.4, 0.5) is 0 Å². The number of H-pyrrole nitrogens is 1. The Hall–Kier alpha value is -1.39. The van der Waals surface area contributed by atoms with Crippen LogP contribution in [0.25, 0.3) is 0 Å². The van der Waals surface area contributed by atoms with Crippen LogP contribution in [0.15, 0.2) is 11.4 Å². The number of rotatable bonds is 15. The summed E-state index contributed by atoms with van der Waals surface area (Å²) in [6, 6.07) is 0. The molecule has 0 fully saturated rings. The van der Waals surface area contributed by atoms with Crippen molar-refractivity contribution in [2.75, 3.05) is 0 Å². The molecule has 0 radical (unpaired) electrons. The Kier molecular flexibility index (Phi) is 12.2. The summed E-state index contributed by atoms with van der Waals surface area (Å²) in [6.07, 6.45) is 19.8. The maximum atomic E-state index is 8.55. The Morgan fingerprint density at radius 3 is 1.91 bits per heavy atom. The molecule has 1 aromatic rings. The Balaban J connectivity index is 1.71. The topological polar surface area (TPSA) is 74.2 Å². The van der Waals surface area contributed by atoms with Gasteiger partial charge in [-0.1, -0.05) is 74.6 Å². The molecule has 2 N–H and O–H groups in total. The highest BCUT2D eigenvalue weighted by Gasteiger charge is 1.97. The Bertz CT molecular complexity index is 390. The molecule has 0 spiro atoms. The molecule has 132 valence electrons. The van der Waals surface area contributed by atoms with Crippen LogP contribution in [-0.2, 0) is 6.42 Å². The van der Waals surface area contributed by atoms with E-state index in [0.29, 0.717) is 0 Å². The van der Waals surface area contributed by atoms with E-state index in [9.17, 15) is 0 Å². The number of hydrogen-bond acceptors (Lipinski definition) is 4. The van der Waals surface area contributed by atoms with Gasteiger partial charge in [0, 0.05) is 6.20 Å². The number of nitrogens with zero attached hydrogens (tertiary/aromatic N) is 3. The van der Waals surface area contributed by atoms with E-state index in [1.165, 1.54) is 70.6 Å². The molecule has 0 amide bonds. The second-order valence-electron chi connectivity index (χ2n) is 6.54. The van der Waals surface area contributed by atoms with Gasteiger partial charge < -0.3 is 5.21 Å². The number of hydrogen-bond donors (Lipinski definition) is 2. The van der Waals surface area contributed by atoms with Crippen molar-refractivity contribution < 1.29 is 5.21 Å². The summed E-state index contributed by atoms with van der Waals surface area (Å²) in [6.45, 7) is 1.88. The van der Waals surface area contributed by atoms with Gasteiger partial charge in [-0.2, -0.15) is 0 Å². The third-order valence-corrected chi connectivity index (χ3v) is 4.36. The predicted octanol–water partition coefficient (Wildman–Crippen LogP) is 5.27. The number of aromatic amines is 1. The van der Waals surface area contributed by atoms with Gasteiger partial charge >= 0.3 is 0 Å². The maximum absolute atomic E-state index is 8.55. The largest absolute Gasteiger partial charge is 0.411 e. The van der Waals surface area contributed by atoms with Crippen LogP contribution in [-0.4, -0.2) is 26.3 Å². The molecule has 0 aromatic carbocycles. The molecule has 0 aliphatic rings. The molecule has 0 unspecified atom stereocenters. The summed E-state index contributed by atoms with van der Waals surface area (Å²) in [4.78, 5) is 0. The number of aryl methyl sites for hydroxylation is 1. The molecule has 0 bridgehead atoms. The summed E-state index contributed by atoms with van der Waals surface area (Å²) in [5, 5.41) is 22.2. The zero-order valence-corrected chi connectivity index (χ0v) is 14.8. The minimum Gasteiger partial charge on any atom is -0.411 e. The summed E-state index contributed by atoms with van der Waals surface area (Å²) in [5.74, 6) is 0. The molecule has 0 aliphatic carbocycles. The summed E-state index contributed by atoms with van der Waals surface area (Å²) in [5.41, 5.74) is 1.94. The van der Waals surface area contributed by atoms with E-state index in [-0.39, 0.29) is 0 Å². The molecule has 5 heteroatoms. The van der Waals surface area contributed by atoms with Crippen LogP contribution in [0, 0.1) is 0 Å². The van der Waals surface area contributed by atoms with Crippen molar-refractivity contribution in [1.82, 2.24) is 15.4 Å². The van der Waals surface area contributed by atoms with Crippen molar-refractivity contribution in [3.8, 4) is 0 Å². The first-order valence-corrected chi connectivity index (χ1v) is 9.36. The van der Waals surface area contributed by atoms with Gasteiger partial charge in [-0.25, -0.2) is 0 Å². The van der Waals surface area contributed by atoms with Crippen molar-refractivity contribution >= 4 is 5.71 Å². The normalized spacial score (nSPS) is 12.0. The first-order valence-electron chi connectivity index (χ1n) is 9.36. The molecular weight excluding hydrogens is 288 g/mol. The molecule has 0 aliphatic heterocycles. The molecular formula is C18H34N4O. The maximum Gasteiger partial charge on any atom is 0.0824 e. The van der Waals surface area contributed by atoms with Gasteiger partial charge in [0.25, 0.3) is 0 Å². The van der Waals surface area contributed by atoms with Crippen LogP contribution in [0.5, 0.6) is 0 Å². The first-order chi connectivity index (χ1) is 11.3. The average Bonchev–Trinajstić information content (AvgIpc) is 3.08. The Labute approximate surface area is 140 Å². The molecule has 0 saturated heterocycles. The lowest BCUT2D eigenvalue weighted by Gasteiger charge is -2.03. The van der Waals surface area contributed by atoms with Gasteiger partial charge in [0.05, 0.1) is 11.4 Å². The Morgan fingerprint density at radius 1 is 0.913 bits per heavy atom. The highest BCUT2D eigenvalue weighted by atomic mass is 16.4. The SMILES string of the molecule is CC(CCCCCCCCCCCCCCc1c[nH]nn1)=NO. The lowest BCUT2D eigenvalue weighted by atomic mass is 10.0. The standard InChI is InChI=1S/C18H34N4O/c1-17(21-23)14-12-10-8-6-4-2-3-5-7-9-11-13-15-18-16-19-22-20-18/h16,23H,2-15H2,1H3,(H,19,20,22). The number of aromatic nitrogens is 3. The minimum atomic E-state index is 0.853. The van der Waals surface area contributed by atoms with Crippen molar-refractivity contribution in [2.24, 2.45) is 5.16 Å². The molecule has 0 saturated carbocycles. The lowest BCUT2D eigenvalue weighted by molar-refractivity contribution is 0.317. The quantitative estimate of drug-likeness (QED) is 0.200. The van der Waals surface area contributed by atoms with Gasteiger partial charge in [0.15, 0.2) is 0 Å². The molecule has 0 atom stereocenters. The van der Waals surface area contributed by atoms with Gasteiger partial charge in [-0.3, -0.25) is 5.10 Å². The zero-order chi connectivity index (χ0) is 16.6. The van der Waals surface area contributed by atoms with E-state index >= 15 is 0 Å². The summed E-state index contributed by atoms with van der Waals surface area (Å²) >= 11 is 0. The van der Waals surface area contributed by atoms with Crippen LogP contribution in [0.1, 0.15) is 96.1 Å². The smallest absolute Gasteiger partial charge is 0.0824 e. The lowest BCUT2D eigenvalue weighted by Crippen LogP contribution is -1.91. The third-order valence-electron chi connectivity index (χ3n) is 4.36. The highest BCUT2D eigenvalue weighted by molar-refractivity contribution is 5.81. The van der Waals surface area contributed by atoms with Crippen LogP contribution in [0.2, 0.25) is 0 Å². The molecule has 23 heavy (non-hydrogen) atoms. The molecule has 1 rings (SSSR count). The van der Waals surface area contributed by atoms with E-state index in [2.05, 4.69) is 20.6 Å². The van der Waals surface area contributed by atoms with E-state index in [0.717, 1.165) is 30.7 Å². The third kappa shape index (κ3) is 11.8. The van der Waals surface area contributed by atoms with E-state index < -0.39 is 0 Å². The van der Waals surface area contributed by atoms with Gasteiger partial charge in [0.2, 0.25) is 0 Å². The fourth-order valence-electron chi connectivity index (χ4n) is 2.85. The fraction of sp³-hybridized carbons (Fsp3) is 0.833. The van der Waals surface area contributed by atoms with E-state index in [4.69, 9.17) is 5.21 Å². The Morgan fingerprint density at radius 2 is 1.43 bits per heavy atom. The van der Waals surface area contributed by atoms with Crippen LogP contribution < -0.4 is 0 Å². The van der Waals surface area contributed by atoms with Crippen molar-refractivity contribution in [3.63, 3.8) is 0 Å². The van der Waals surface area contributed by atoms with Crippen LogP contribution >= 0.6 is 0 Å². The first kappa shape index (κ1) is 19.7. The van der Waals surface area contributed by atoms with Gasteiger partial charge in [-0.05, 0) is 32.6 Å². The van der Waals surface area contributed by atoms with Gasteiger partial charge in [-0.15, -0.1) is 5.10 Å². The van der Waals surface area contributed by atoms with Crippen molar-refractivity contribution in [1.29, 1.82) is 0 Å².